The quantitative estimate of drug-likeness (QED) is 0.450. The lowest BCUT2D eigenvalue weighted by Gasteiger charge is -2.21. The van der Waals surface area contributed by atoms with Crippen LogP contribution in [-0.4, -0.2) is 42.3 Å². The van der Waals surface area contributed by atoms with Crippen molar-refractivity contribution in [2.75, 3.05) is 13.2 Å². The Morgan fingerprint density at radius 3 is 2.09 bits per heavy atom. The summed E-state index contributed by atoms with van der Waals surface area (Å²) in [6.45, 7) is 6.34. The van der Waals surface area contributed by atoms with Gasteiger partial charge in [-0.1, -0.05) is 62.4 Å². The molecule has 0 aliphatic heterocycles. The van der Waals surface area contributed by atoms with Crippen molar-refractivity contribution in [3.8, 4) is 11.1 Å². The topological polar surface area (TPSA) is 105 Å². The Hall–Kier alpha value is -3.35. The van der Waals surface area contributed by atoms with Crippen LogP contribution >= 0.6 is 0 Å². The van der Waals surface area contributed by atoms with Gasteiger partial charge in [0.1, 0.15) is 6.61 Å². The molecule has 0 radical (unpaired) electrons. The molecule has 2 atom stereocenters. The monoisotopic (exact) mass is 466 g/mol. The number of alkyl carbamates (subject to hydrolysis) is 1. The number of aliphatic carboxylic acids is 1. The van der Waals surface area contributed by atoms with Gasteiger partial charge in [-0.15, -0.1) is 0 Å². The highest BCUT2D eigenvalue weighted by atomic mass is 16.5. The van der Waals surface area contributed by atoms with Crippen LogP contribution in [0.1, 0.15) is 57.1 Å². The van der Waals surface area contributed by atoms with E-state index in [0.29, 0.717) is 12.5 Å². The first-order valence-corrected chi connectivity index (χ1v) is 11.8. The van der Waals surface area contributed by atoms with Crippen LogP contribution in [-0.2, 0) is 14.3 Å². The predicted octanol–water partition coefficient (Wildman–Crippen LogP) is 4.56. The van der Waals surface area contributed by atoms with Crippen molar-refractivity contribution >= 4 is 18.0 Å². The van der Waals surface area contributed by atoms with Crippen LogP contribution in [0.2, 0.25) is 0 Å². The SMILES string of the molecule is CC(C)C[C@H](CNC(=O)OCC1c2ccccc2-c2ccccc21)CC(=O)N[C@@H](C)CC(=O)O. The molecule has 7 nitrogen and oxygen atoms in total. The molecule has 0 heterocycles. The first-order chi connectivity index (χ1) is 16.2. The molecule has 2 aromatic rings. The van der Waals surface area contributed by atoms with Crippen molar-refractivity contribution in [3.05, 3.63) is 59.7 Å². The molecule has 0 aromatic heterocycles. The maximum atomic E-state index is 12.5. The number of amides is 2. The maximum absolute atomic E-state index is 12.5. The molecule has 0 unspecified atom stereocenters. The third kappa shape index (κ3) is 6.83. The van der Waals surface area contributed by atoms with Crippen LogP contribution in [0.4, 0.5) is 4.79 Å². The number of rotatable bonds is 11. The molecule has 182 valence electrons. The molecule has 0 saturated heterocycles. The Bertz CT molecular complexity index is 974. The zero-order chi connectivity index (χ0) is 24.7. The van der Waals surface area contributed by atoms with Gasteiger partial charge in [0.2, 0.25) is 5.91 Å². The van der Waals surface area contributed by atoms with E-state index in [2.05, 4.69) is 48.7 Å². The van der Waals surface area contributed by atoms with Crippen LogP contribution in [0.3, 0.4) is 0 Å². The van der Waals surface area contributed by atoms with Crippen LogP contribution in [0.25, 0.3) is 11.1 Å². The molecule has 1 aliphatic rings. The minimum Gasteiger partial charge on any atom is -0.481 e. The fraction of sp³-hybridized carbons (Fsp3) is 0.444. The smallest absolute Gasteiger partial charge is 0.407 e. The fourth-order valence-electron chi connectivity index (χ4n) is 4.69. The molecule has 2 aromatic carbocycles. The van der Waals surface area contributed by atoms with Gasteiger partial charge in [0.25, 0.3) is 0 Å². The Labute approximate surface area is 200 Å². The third-order valence-corrected chi connectivity index (χ3v) is 6.05. The van der Waals surface area contributed by atoms with Gasteiger partial charge in [0, 0.05) is 24.9 Å². The predicted molar refractivity (Wildman–Crippen MR) is 130 cm³/mol. The zero-order valence-corrected chi connectivity index (χ0v) is 20.0. The second-order valence-electron chi connectivity index (χ2n) is 9.47. The number of ether oxygens (including phenoxy) is 1. The Kier molecular flexibility index (Phi) is 8.68. The second kappa shape index (κ2) is 11.7. The van der Waals surface area contributed by atoms with Crippen LogP contribution < -0.4 is 10.6 Å². The van der Waals surface area contributed by atoms with Gasteiger partial charge in [-0.2, -0.15) is 0 Å². The van der Waals surface area contributed by atoms with Crippen molar-refractivity contribution in [1.82, 2.24) is 10.6 Å². The van der Waals surface area contributed by atoms with Crippen LogP contribution in [0, 0.1) is 11.8 Å². The molecule has 0 fully saturated rings. The number of carbonyl (C=O) groups is 3. The Morgan fingerprint density at radius 2 is 1.53 bits per heavy atom. The lowest BCUT2D eigenvalue weighted by molar-refractivity contribution is -0.137. The lowest BCUT2D eigenvalue weighted by atomic mass is 9.93. The minimum atomic E-state index is -0.955. The van der Waals surface area contributed by atoms with Gasteiger partial charge in [-0.25, -0.2) is 4.79 Å². The summed E-state index contributed by atoms with van der Waals surface area (Å²) < 4.78 is 5.59. The van der Waals surface area contributed by atoms with Crippen molar-refractivity contribution in [2.24, 2.45) is 11.8 Å². The normalized spacial score (nSPS) is 14.1. The molecule has 1 aliphatic carbocycles. The van der Waals surface area contributed by atoms with Crippen LogP contribution in [0.15, 0.2) is 48.5 Å². The average molecular weight is 467 g/mol. The van der Waals surface area contributed by atoms with Crippen molar-refractivity contribution in [1.29, 1.82) is 0 Å². The highest BCUT2D eigenvalue weighted by Crippen LogP contribution is 2.44. The van der Waals surface area contributed by atoms with Gasteiger partial charge in [0.15, 0.2) is 0 Å². The second-order valence-corrected chi connectivity index (χ2v) is 9.47. The van der Waals surface area contributed by atoms with E-state index in [1.54, 1.807) is 6.92 Å². The number of hydrogen-bond acceptors (Lipinski definition) is 4. The number of carboxylic acids is 1. The van der Waals surface area contributed by atoms with Crippen molar-refractivity contribution < 1.29 is 24.2 Å². The molecule has 7 heteroatoms. The van der Waals surface area contributed by atoms with E-state index >= 15 is 0 Å². The Balaban J connectivity index is 1.53. The van der Waals surface area contributed by atoms with E-state index in [4.69, 9.17) is 9.84 Å². The maximum Gasteiger partial charge on any atom is 0.407 e. The van der Waals surface area contributed by atoms with Gasteiger partial charge in [-0.05, 0) is 47.4 Å². The summed E-state index contributed by atoms with van der Waals surface area (Å²) in [4.78, 5) is 35.7. The summed E-state index contributed by atoms with van der Waals surface area (Å²) in [6, 6.07) is 15.9. The lowest BCUT2D eigenvalue weighted by Crippen LogP contribution is -2.38. The summed E-state index contributed by atoms with van der Waals surface area (Å²) in [6.07, 6.45) is 0.338. The van der Waals surface area contributed by atoms with E-state index in [-0.39, 0.29) is 37.2 Å². The van der Waals surface area contributed by atoms with E-state index in [9.17, 15) is 14.4 Å². The van der Waals surface area contributed by atoms with Crippen molar-refractivity contribution in [2.45, 2.75) is 52.0 Å². The van der Waals surface area contributed by atoms with E-state index in [1.807, 2.05) is 24.3 Å². The van der Waals surface area contributed by atoms with Crippen LogP contribution in [0.5, 0.6) is 0 Å². The number of carbonyl (C=O) groups excluding carboxylic acids is 2. The van der Waals surface area contributed by atoms with E-state index in [0.717, 1.165) is 17.5 Å². The molecule has 0 saturated carbocycles. The standard InChI is InChI=1S/C27H34N2O5/c1-17(2)12-19(14-25(30)29-18(3)13-26(31)32)15-28-27(33)34-16-24-22-10-6-4-8-20(22)21-9-5-7-11-23(21)24/h4-11,17-19,24H,12-16H2,1-3H3,(H,28,33)(H,29,30)(H,31,32)/t18-,19-/m0/s1. The van der Waals surface area contributed by atoms with Gasteiger partial charge in [-0.3, -0.25) is 9.59 Å². The summed E-state index contributed by atoms with van der Waals surface area (Å²) in [5.41, 5.74) is 4.65. The first-order valence-electron chi connectivity index (χ1n) is 11.8. The van der Waals surface area contributed by atoms with Crippen molar-refractivity contribution in [3.63, 3.8) is 0 Å². The number of hydrogen-bond donors (Lipinski definition) is 3. The number of fused-ring (bicyclic) bond motifs is 3. The fourth-order valence-corrected chi connectivity index (χ4v) is 4.69. The van der Waals surface area contributed by atoms with E-state index in [1.165, 1.54) is 11.1 Å². The molecular weight excluding hydrogens is 432 g/mol. The molecule has 3 rings (SSSR count). The third-order valence-electron chi connectivity index (χ3n) is 6.05. The molecule has 34 heavy (non-hydrogen) atoms. The first kappa shape index (κ1) is 25.3. The molecule has 0 spiro atoms. The molecule has 3 N–H and O–H groups in total. The molecule has 0 bridgehead atoms. The number of benzene rings is 2. The van der Waals surface area contributed by atoms with E-state index < -0.39 is 18.1 Å². The Morgan fingerprint density at radius 1 is 0.941 bits per heavy atom. The summed E-state index contributed by atoms with van der Waals surface area (Å²) in [5, 5.41) is 14.4. The highest BCUT2D eigenvalue weighted by molar-refractivity contribution is 5.79. The summed E-state index contributed by atoms with van der Waals surface area (Å²) in [7, 11) is 0. The largest absolute Gasteiger partial charge is 0.481 e. The molecule has 2 amide bonds. The van der Waals surface area contributed by atoms with Gasteiger partial charge < -0.3 is 20.5 Å². The molecular formula is C27H34N2O5. The summed E-state index contributed by atoms with van der Waals surface area (Å²) in [5.74, 6) is -0.903. The van der Waals surface area contributed by atoms with Gasteiger partial charge >= 0.3 is 12.1 Å². The number of carboxylic acid groups (broad SMARTS) is 1. The minimum absolute atomic E-state index is 0.00823. The zero-order valence-electron chi connectivity index (χ0n) is 20.0. The average Bonchev–Trinajstić information content (AvgIpc) is 3.08. The number of nitrogens with one attached hydrogen (secondary N) is 2. The van der Waals surface area contributed by atoms with Gasteiger partial charge in [0.05, 0.1) is 6.42 Å². The highest BCUT2D eigenvalue weighted by Gasteiger charge is 2.29. The summed E-state index contributed by atoms with van der Waals surface area (Å²) >= 11 is 0.